The lowest BCUT2D eigenvalue weighted by Crippen LogP contribution is -2.29. The Bertz CT molecular complexity index is 1020. The molecule has 7 nitrogen and oxygen atoms in total. The number of anilines is 1. The Morgan fingerprint density at radius 3 is 2.19 bits per heavy atom. The van der Waals surface area contributed by atoms with Crippen molar-refractivity contribution in [2.75, 3.05) is 10.1 Å². The van der Waals surface area contributed by atoms with Gasteiger partial charge < -0.3 is 0 Å². The average Bonchev–Trinajstić information content (AvgIpc) is 2.88. The lowest BCUT2D eigenvalue weighted by molar-refractivity contribution is -0.116. The lowest BCUT2D eigenvalue weighted by atomic mass is 10.1. The number of rotatable bonds is 5. The Hall–Kier alpha value is -2.23. The van der Waals surface area contributed by atoms with Crippen molar-refractivity contribution in [3.05, 3.63) is 60.2 Å². The number of sulfonamides is 2. The van der Waals surface area contributed by atoms with Crippen molar-refractivity contribution in [2.24, 2.45) is 0 Å². The van der Waals surface area contributed by atoms with Crippen LogP contribution in [0.5, 0.6) is 0 Å². The summed E-state index contributed by atoms with van der Waals surface area (Å²) < 4.78 is 52.2. The van der Waals surface area contributed by atoms with E-state index in [1.807, 2.05) is 30.3 Å². The fraction of sp³-hybridized carbons (Fsp3) is 0.235. The molecule has 0 spiro atoms. The number of hydrogen-bond donors (Lipinski definition) is 1. The normalized spacial score (nSPS) is 18.0. The third-order valence-corrected chi connectivity index (χ3v) is 7.34. The molecular weight excluding hydrogens is 376 g/mol. The van der Waals surface area contributed by atoms with Gasteiger partial charge in [-0.1, -0.05) is 30.3 Å². The lowest BCUT2D eigenvalue weighted by Gasteiger charge is -2.17. The van der Waals surface area contributed by atoms with Gasteiger partial charge in [-0.3, -0.25) is 4.79 Å². The molecule has 2 aromatic carbocycles. The minimum Gasteiger partial charge on any atom is -0.273 e. The smallest absolute Gasteiger partial charge is 0.242 e. The highest BCUT2D eigenvalue weighted by Crippen LogP contribution is 2.26. The molecule has 0 aliphatic carbocycles. The zero-order chi connectivity index (χ0) is 18.9. The molecule has 0 radical (unpaired) electrons. The first-order valence-electron chi connectivity index (χ1n) is 7.94. The van der Waals surface area contributed by atoms with Gasteiger partial charge in [0.2, 0.25) is 26.0 Å². The summed E-state index contributed by atoms with van der Waals surface area (Å²) in [5, 5.41) is 0. The van der Waals surface area contributed by atoms with Crippen LogP contribution >= 0.6 is 0 Å². The molecule has 26 heavy (non-hydrogen) atoms. The molecule has 1 aliphatic rings. The number of carbonyl (C=O) groups excluding carboxylic acids is 1. The van der Waals surface area contributed by atoms with Crippen molar-refractivity contribution >= 4 is 31.6 Å². The van der Waals surface area contributed by atoms with Gasteiger partial charge in [-0.2, -0.15) is 0 Å². The maximum Gasteiger partial charge on any atom is 0.242 e. The number of hydrogen-bond acceptors (Lipinski definition) is 5. The van der Waals surface area contributed by atoms with E-state index < -0.39 is 32.0 Å². The van der Waals surface area contributed by atoms with Crippen molar-refractivity contribution in [3.63, 3.8) is 0 Å². The number of carbonyl (C=O) groups is 1. The molecule has 1 atom stereocenters. The van der Waals surface area contributed by atoms with Crippen LogP contribution < -0.4 is 9.03 Å². The summed E-state index contributed by atoms with van der Waals surface area (Å²) in [6, 6.07) is 13.9. The summed E-state index contributed by atoms with van der Waals surface area (Å²) >= 11 is 0. The molecule has 3 rings (SSSR count). The number of nitrogens with zero attached hydrogens (tertiary/aromatic N) is 1. The highest BCUT2D eigenvalue weighted by Gasteiger charge is 2.36. The summed E-state index contributed by atoms with van der Waals surface area (Å²) in [5.41, 5.74) is 0.962. The largest absolute Gasteiger partial charge is 0.273 e. The van der Waals surface area contributed by atoms with Crippen molar-refractivity contribution in [1.29, 1.82) is 0 Å². The molecule has 1 unspecified atom stereocenters. The van der Waals surface area contributed by atoms with E-state index in [4.69, 9.17) is 0 Å². The second-order valence-corrected chi connectivity index (χ2v) is 9.62. The van der Waals surface area contributed by atoms with Crippen LogP contribution in [0.15, 0.2) is 59.5 Å². The molecule has 1 fully saturated rings. The fourth-order valence-corrected chi connectivity index (χ4v) is 5.43. The van der Waals surface area contributed by atoms with E-state index in [0.717, 1.165) is 9.87 Å². The molecule has 9 heteroatoms. The predicted octanol–water partition coefficient (Wildman–Crippen LogP) is 1.79. The molecule has 0 aromatic heterocycles. The van der Waals surface area contributed by atoms with Crippen LogP contribution in [0.2, 0.25) is 0 Å². The van der Waals surface area contributed by atoms with Crippen molar-refractivity contribution in [2.45, 2.75) is 24.3 Å². The molecule has 1 aliphatic heterocycles. The summed E-state index contributed by atoms with van der Waals surface area (Å²) in [4.78, 5) is 11.8. The SMILES string of the molecule is CC(NS(=O)(=O)c1ccc(N2C(=O)CCS2(=O)=O)cc1)c1ccccc1. The van der Waals surface area contributed by atoms with Crippen LogP contribution in [0.3, 0.4) is 0 Å². The zero-order valence-corrected chi connectivity index (χ0v) is 15.6. The Morgan fingerprint density at radius 1 is 1.04 bits per heavy atom. The zero-order valence-electron chi connectivity index (χ0n) is 14.0. The predicted molar refractivity (Wildman–Crippen MR) is 97.5 cm³/mol. The molecule has 1 N–H and O–H groups in total. The summed E-state index contributed by atoms with van der Waals surface area (Å²) in [7, 11) is -7.47. The minimum atomic E-state index is -3.79. The number of nitrogens with one attached hydrogen (secondary N) is 1. The Balaban J connectivity index is 1.82. The number of benzene rings is 2. The first-order valence-corrected chi connectivity index (χ1v) is 11.0. The third-order valence-electron chi connectivity index (χ3n) is 4.09. The first kappa shape index (κ1) is 18.6. The van der Waals surface area contributed by atoms with Crippen molar-refractivity contribution in [1.82, 2.24) is 4.72 Å². The van der Waals surface area contributed by atoms with Crippen LogP contribution in [0.4, 0.5) is 5.69 Å². The fourth-order valence-electron chi connectivity index (χ4n) is 2.74. The van der Waals surface area contributed by atoms with E-state index in [2.05, 4.69) is 4.72 Å². The van der Waals surface area contributed by atoms with Gasteiger partial charge in [-0.25, -0.2) is 25.9 Å². The molecule has 1 saturated heterocycles. The second-order valence-electron chi connectivity index (χ2n) is 5.97. The first-order chi connectivity index (χ1) is 12.2. The second kappa shape index (κ2) is 6.82. The van der Waals surface area contributed by atoms with Gasteiger partial charge >= 0.3 is 0 Å². The van der Waals surface area contributed by atoms with Crippen molar-refractivity contribution < 1.29 is 21.6 Å². The monoisotopic (exact) mass is 394 g/mol. The Morgan fingerprint density at radius 2 is 1.65 bits per heavy atom. The van der Waals surface area contributed by atoms with Gasteiger partial charge in [0.15, 0.2) is 0 Å². The minimum absolute atomic E-state index is 0.00641. The van der Waals surface area contributed by atoms with Crippen molar-refractivity contribution in [3.8, 4) is 0 Å². The van der Waals surface area contributed by atoms with Crippen LogP contribution in [-0.2, 0) is 24.8 Å². The highest BCUT2D eigenvalue weighted by atomic mass is 32.2. The van der Waals surface area contributed by atoms with Crippen LogP contribution in [0.25, 0.3) is 0 Å². The standard InChI is InChI=1S/C17H18N2O5S2/c1-13(14-5-3-2-4-6-14)18-26(23,24)16-9-7-15(8-10-16)19-17(20)11-12-25(19,21)22/h2-10,13,18H,11-12H2,1H3. The molecule has 138 valence electrons. The van der Waals surface area contributed by atoms with E-state index >= 15 is 0 Å². The van der Waals surface area contributed by atoms with Crippen LogP contribution in [-0.4, -0.2) is 28.5 Å². The summed E-state index contributed by atoms with van der Waals surface area (Å²) in [6.45, 7) is 1.73. The van der Waals surface area contributed by atoms with E-state index in [1.54, 1.807) is 6.92 Å². The van der Waals surface area contributed by atoms with E-state index in [-0.39, 0.29) is 22.8 Å². The van der Waals surface area contributed by atoms with Gasteiger partial charge in [-0.05, 0) is 36.8 Å². The van der Waals surface area contributed by atoms with Gasteiger partial charge in [0, 0.05) is 12.5 Å². The molecule has 1 amide bonds. The van der Waals surface area contributed by atoms with Gasteiger partial charge in [-0.15, -0.1) is 0 Å². The molecular formula is C17H18N2O5S2. The Kier molecular flexibility index (Phi) is 4.87. The molecule has 1 heterocycles. The molecule has 0 bridgehead atoms. The summed E-state index contributed by atoms with van der Waals surface area (Å²) in [5.74, 6) is -0.751. The molecule has 0 saturated carbocycles. The van der Waals surface area contributed by atoms with E-state index in [9.17, 15) is 21.6 Å². The summed E-state index contributed by atoms with van der Waals surface area (Å²) in [6.07, 6.45) is -0.0709. The Labute approximate surface area is 152 Å². The van der Waals surface area contributed by atoms with Gasteiger partial charge in [0.25, 0.3) is 0 Å². The maximum atomic E-state index is 12.5. The topological polar surface area (TPSA) is 101 Å². The maximum absolute atomic E-state index is 12.5. The van der Waals surface area contributed by atoms with E-state index in [1.165, 1.54) is 24.3 Å². The van der Waals surface area contributed by atoms with Crippen LogP contribution in [0.1, 0.15) is 24.9 Å². The molecule has 2 aromatic rings. The quantitative estimate of drug-likeness (QED) is 0.833. The van der Waals surface area contributed by atoms with Crippen LogP contribution in [0, 0.1) is 0 Å². The number of amides is 1. The highest BCUT2D eigenvalue weighted by molar-refractivity contribution is 7.94. The van der Waals surface area contributed by atoms with Gasteiger partial charge in [0.1, 0.15) is 0 Å². The third kappa shape index (κ3) is 3.64. The van der Waals surface area contributed by atoms with E-state index in [0.29, 0.717) is 0 Å². The van der Waals surface area contributed by atoms with Gasteiger partial charge in [0.05, 0.1) is 16.3 Å². The average molecular weight is 394 g/mol.